The summed E-state index contributed by atoms with van der Waals surface area (Å²) in [6.07, 6.45) is 1.44. The van der Waals surface area contributed by atoms with Gasteiger partial charge < -0.3 is 9.84 Å². The highest BCUT2D eigenvalue weighted by Gasteiger charge is 2.16. The van der Waals surface area contributed by atoms with Gasteiger partial charge in [0.25, 0.3) is 0 Å². The van der Waals surface area contributed by atoms with E-state index in [1.807, 2.05) is 0 Å². The molecular weight excluding hydrogens is 316 g/mol. The van der Waals surface area contributed by atoms with E-state index in [1.165, 1.54) is 24.4 Å². The number of hydrogen-bond acceptors (Lipinski definition) is 5. The van der Waals surface area contributed by atoms with Crippen molar-refractivity contribution >= 4 is 21.6 Å². The first-order valence-electron chi connectivity index (χ1n) is 5.27. The number of nitro benzene ring substituents is 1. The lowest BCUT2D eigenvalue weighted by atomic mass is 10.3. The van der Waals surface area contributed by atoms with Crippen molar-refractivity contribution in [2.45, 2.75) is 6.61 Å². The minimum absolute atomic E-state index is 0.109. The molecule has 6 nitrogen and oxygen atoms in total. The predicted molar refractivity (Wildman–Crippen MR) is 71.0 cm³/mol. The van der Waals surface area contributed by atoms with Crippen LogP contribution < -0.4 is 4.74 Å². The average Bonchev–Trinajstić information content (AvgIpc) is 2.41. The van der Waals surface area contributed by atoms with Gasteiger partial charge in [0.05, 0.1) is 11.5 Å². The highest BCUT2D eigenvalue weighted by atomic mass is 79.9. The second-order valence-corrected chi connectivity index (χ2v) is 4.55. The molecule has 0 saturated carbocycles. The molecule has 0 aliphatic rings. The van der Waals surface area contributed by atoms with E-state index >= 15 is 0 Å². The minimum Gasteiger partial charge on any atom is -0.432 e. The van der Waals surface area contributed by atoms with Crippen molar-refractivity contribution in [1.82, 2.24) is 4.98 Å². The molecule has 0 atom stereocenters. The van der Waals surface area contributed by atoms with Gasteiger partial charge in [-0.25, -0.2) is 4.98 Å². The molecule has 0 fully saturated rings. The van der Waals surface area contributed by atoms with E-state index in [2.05, 4.69) is 20.9 Å². The molecule has 0 radical (unpaired) electrons. The maximum absolute atomic E-state index is 10.9. The van der Waals surface area contributed by atoms with Crippen LogP contribution in [0, 0.1) is 10.1 Å². The van der Waals surface area contributed by atoms with Gasteiger partial charge in [-0.2, -0.15) is 0 Å². The molecule has 0 spiro atoms. The normalized spacial score (nSPS) is 10.2. The van der Waals surface area contributed by atoms with E-state index in [-0.39, 0.29) is 23.9 Å². The zero-order chi connectivity index (χ0) is 13.8. The third-order valence-corrected chi connectivity index (χ3v) is 2.81. The predicted octanol–water partition coefficient (Wildman–Crippen LogP) is 3.04. The number of aromatic nitrogens is 1. The van der Waals surface area contributed by atoms with Crippen LogP contribution >= 0.6 is 15.9 Å². The Balaban J connectivity index is 2.29. The first-order chi connectivity index (χ1) is 9.10. The fourth-order valence-electron chi connectivity index (χ4n) is 1.40. The molecule has 2 rings (SSSR count). The van der Waals surface area contributed by atoms with E-state index in [0.717, 1.165) is 0 Å². The van der Waals surface area contributed by atoms with Gasteiger partial charge in [0.15, 0.2) is 0 Å². The van der Waals surface area contributed by atoms with E-state index in [9.17, 15) is 10.1 Å². The highest BCUT2D eigenvalue weighted by Crippen LogP contribution is 2.32. The molecule has 98 valence electrons. The Labute approximate surface area is 117 Å². The van der Waals surface area contributed by atoms with Crippen LogP contribution in [0.4, 0.5) is 5.69 Å². The molecule has 0 unspecified atom stereocenters. The van der Waals surface area contributed by atoms with Crippen molar-refractivity contribution in [2.24, 2.45) is 0 Å². The zero-order valence-electron chi connectivity index (χ0n) is 9.62. The lowest BCUT2D eigenvalue weighted by Gasteiger charge is -2.06. The first-order valence-corrected chi connectivity index (χ1v) is 6.07. The molecule has 1 aromatic carbocycles. The molecule has 0 aliphatic heterocycles. The lowest BCUT2D eigenvalue weighted by Crippen LogP contribution is -1.95. The van der Waals surface area contributed by atoms with Crippen LogP contribution in [-0.4, -0.2) is 15.0 Å². The topological polar surface area (TPSA) is 85.5 Å². The van der Waals surface area contributed by atoms with E-state index < -0.39 is 4.92 Å². The van der Waals surface area contributed by atoms with E-state index in [1.54, 1.807) is 12.1 Å². The van der Waals surface area contributed by atoms with Crippen molar-refractivity contribution in [3.05, 3.63) is 56.7 Å². The van der Waals surface area contributed by atoms with Crippen molar-refractivity contribution in [2.75, 3.05) is 0 Å². The van der Waals surface area contributed by atoms with Gasteiger partial charge in [-0.15, -0.1) is 0 Å². The molecule has 0 amide bonds. The largest absolute Gasteiger partial charge is 0.432 e. The number of ether oxygens (including phenoxy) is 1. The fraction of sp³-hybridized carbons (Fsp3) is 0.0833. The summed E-state index contributed by atoms with van der Waals surface area (Å²) in [5, 5.41) is 19.8. The number of hydrogen-bond donors (Lipinski definition) is 1. The van der Waals surface area contributed by atoms with Gasteiger partial charge in [-0.05, 0) is 23.8 Å². The number of aliphatic hydroxyl groups excluding tert-OH is 1. The summed E-state index contributed by atoms with van der Waals surface area (Å²) >= 11 is 3.17. The second-order valence-electron chi connectivity index (χ2n) is 3.63. The Morgan fingerprint density at radius 1 is 1.37 bits per heavy atom. The summed E-state index contributed by atoms with van der Waals surface area (Å²) in [4.78, 5) is 14.3. The number of nitro groups is 1. The number of halogens is 1. The summed E-state index contributed by atoms with van der Waals surface area (Å²) in [5.41, 5.74) is 0.486. The molecule has 1 N–H and O–H groups in total. The Kier molecular flexibility index (Phi) is 4.08. The van der Waals surface area contributed by atoms with E-state index in [0.29, 0.717) is 10.0 Å². The third-order valence-electron chi connectivity index (χ3n) is 2.31. The Morgan fingerprint density at radius 3 is 2.74 bits per heavy atom. The average molecular weight is 325 g/mol. The summed E-state index contributed by atoms with van der Waals surface area (Å²) in [5.74, 6) is 0.333. The molecule has 1 heterocycles. The quantitative estimate of drug-likeness (QED) is 0.690. The van der Waals surface area contributed by atoms with Crippen LogP contribution in [0.15, 0.2) is 41.0 Å². The zero-order valence-corrected chi connectivity index (χ0v) is 11.2. The van der Waals surface area contributed by atoms with Crippen molar-refractivity contribution in [3.63, 3.8) is 0 Å². The monoisotopic (exact) mass is 324 g/mol. The van der Waals surface area contributed by atoms with Crippen LogP contribution in [0.2, 0.25) is 0 Å². The van der Waals surface area contributed by atoms with E-state index in [4.69, 9.17) is 9.84 Å². The maximum Gasteiger partial charge on any atom is 0.312 e. The lowest BCUT2D eigenvalue weighted by molar-refractivity contribution is -0.385. The number of pyridine rings is 1. The third kappa shape index (κ3) is 3.27. The summed E-state index contributed by atoms with van der Waals surface area (Å²) < 4.78 is 5.96. The Bertz CT molecular complexity index is 601. The van der Waals surface area contributed by atoms with Gasteiger partial charge in [0, 0.05) is 22.8 Å². The molecule has 7 heteroatoms. The number of nitrogens with zero attached hydrogens (tertiary/aromatic N) is 2. The standard InChI is InChI=1S/C12H9BrN2O4/c13-9-2-3-11(10(5-9)15(17)18)19-12-4-1-8(7-16)6-14-12/h1-6,16H,7H2. The molecular formula is C12H9BrN2O4. The molecule has 19 heavy (non-hydrogen) atoms. The molecule has 0 bridgehead atoms. The molecule has 0 aliphatic carbocycles. The van der Waals surface area contributed by atoms with Crippen LogP contribution in [-0.2, 0) is 6.61 Å². The SMILES string of the molecule is O=[N+]([O-])c1cc(Br)ccc1Oc1ccc(CO)cn1. The van der Waals surface area contributed by atoms with Gasteiger partial charge in [0.1, 0.15) is 0 Å². The van der Waals surface area contributed by atoms with Crippen LogP contribution in [0.1, 0.15) is 5.56 Å². The molecule has 2 aromatic rings. The van der Waals surface area contributed by atoms with Crippen molar-refractivity contribution in [3.8, 4) is 11.6 Å². The summed E-state index contributed by atoms with van der Waals surface area (Å²) in [6.45, 7) is -0.119. The van der Waals surface area contributed by atoms with Gasteiger partial charge in [0.2, 0.25) is 11.6 Å². The highest BCUT2D eigenvalue weighted by molar-refractivity contribution is 9.10. The summed E-state index contributed by atoms with van der Waals surface area (Å²) in [6, 6.07) is 7.66. The van der Waals surface area contributed by atoms with Crippen molar-refractivity contribution in [1.29, 1.82) is 0 Å². The fourth-order valence-corrected chi connectivity index (χ4v) is 1.75. The second kappa shape index (κ2) is 5.77. The minimum atomic E-state index is -0.526. The number of aliphatic hydroxyl groups is 1. The van der Waals surface area contributed by atoms with Crippen LogP contribution in [0.25, 0.3) is 0 Å². The maximum atomic E-state index is 10.9. The summed E-state index contributed by atoms with van der Waals surface area (Å²) in [7, 11) is 0. The van der Waals surface area contributed by atoms with Crippen LogP contribution in [0.5, 0.6) is 11.6 Å². The molecule has 1 aromatic heterocycles. The number of benzene rings is 1. The van der Waals surface area contributed by atoms with Gasteiger partial charge in [-0.1, -0.05) is 15.9 Å². The first kappa shape index (κ1) is 13.4. The van der Waals surface area contributed by atoms with Gasteiger partial charge in [-0.3, -0.25) is 10.1 Å². The van der Waals surface area contributed by atoms with Gasteiger partial charge >= 0.3 is 5.69 Å². The Morgan fingerprint density at radius 2 is 2.16 bits per heavy atom. The van der Waals surface area contributed by atoms with Crippen LogP contribution in [0.3, 0.4) is 0 Å². The van der Waals surface area contributed by atoms with Crippen molar-refractivity contribution < 1.29 is 14.8 Å². The Hall–Kier alpha value is -1.99. The smallest absolute Gasteiger partial charge is 0.312 e. The molecule has 0 saturated heterocycles. The number of rotatable bonds is 4.